The molecule has 1 saturated heterocycles. The zero-order valence-electron chi connectivity index (χ0n) is 11.8. The molecule has 2 heteroatoms. The van der Waals surface area contributed by atoms with E-state index in [1.165, 1.54) is 44.9 Å². The lowest BCUT2D eigenvalue weighted by Gasteiger charge is -2.48. The minimum Gasteiger partial charge on any atom is -0.375 e. The zero-order valence-corrected chi connectivity index (χ0v) is 11.8. The fraction of sp³-hybridized carbons (Fsp3) is 1.00. The molecule has 2 fully saturated rings. The van der Waals surface area contributed by atoms with E-state index in [4.69, 9.17) is 10.5 Å². The highest BCUT2D eigenvalue weighted by atomic mass is 16.5. The van der Waals surface area contributed by atoms with Crippen LogP contribution in [0.15, 0.2) is 0 Å². The van der Waals surface area contributed by atoms with Gasteiger partial charge in [0, 0.05) is 12.6 Å². The van der Waals surface area contributed by atoms with Crippen molar-refractivity contribution in [1.82, 2.24) is 0 Å². The van der Waals surface area contributed by atoms with E-state index in [0.717, 1.165) is 6.61 Å². The van der Waals surface area contributed by atoms with Crippen molar-refractivity contribution >= 4 is 0 Å². The summed E-state index contributed by atoms with van der Waals surface area (Å²) in [6.45, 7) is 7.85. The first-order valence-corrected chi connectivity index (χ1v) is 7.30. The second kappa shape index (κ2) is 4.89. The summed E-state index contributed by atoms with van der Waals surface area (Å²) in [5, 5.41) is 0. The Kier molecular flexibility index (Phi) is 3.84. The molecule has 2 aliphatic rings. The van der Waals surface area contributed by atoms with Crippen molar-refractivity contribution < 1.29 is 4.74 Å². The monoisotopic (exact) mass is 239 g/mol. The number of hydrogen-bond donors (Lipinski definition) is 1. The van der Waals surface area contributed by atoms with Gasteiger partial charge in [-0.1, -0.05) is 20.8 Å². The van der Waals surface area contributed by atoms with Crippen molar-refractivity contribution in [1.29, 1.82) is 0 Å². The quantitative estimate of drug-likeness (QED) is 0.818. The average Bonchev–Trinajstić information content (AvgIpc) is 2.23. The number of rotatable bonds is 3. The molecule has 1 aliphatic heterocycles. The standard InChI is InChI=1S/C15H29NO/c1-14(2,3)9-5-13(16)12-6-10-17-15(11-12)7-4-8-15/h12-13H,4-11,16H2,1-3H3. The Balaban J connectivity index is 1.80. The SMILES string of the molecule is CC(C)(C)CCC(N)C1CCOC2(CCC2)C1. The van der Waals surface area contributed by atoms with Crippen LogP contribution < -0.4 is 5.73 Å². The molecule has 1 aliphatic carbocycles. The molecule has 1 spiro atoms. The van der Waals surface area contributed by atoms with Gasteiger partial charge in [-0.25, -0.2) is 0 Å². The molecule has 17 heavy (non-hydrogen) atoms. The van der Waals surface area contributed by atoms with Crippen LogP contribution in [0.2, 0.25) is 0 Å². The highest BCUT2D eigenvalue weighted by Crippen LogP contribution is 2.45. The molecule has 2 nitrogen and oxygen atoms in total. The second-order valence-electron chi connectivity index (χ2n) is 7.40. The van der Waals surface area contributed by atoms with Gasteiger partial charge in [0.15, 0.2) is 0 Å². The van der Waals surface area contributed by atoms with Crippen LogP contribution in [0.25, 0.3) is 0 Å². The Morgan fingerprint density at radius 3 is 2.59 bits per heavy atom. The van der Waals surface area contributed by atoms with E-state index < -0.39 is 0 Å². The largest absolute Gasteiger partial charge is 0.375 e. The molecule has 100 valence electrons. The Bertz CT molecular complexity index is 252. The summed E-state index contributed by atoms with van der Waals surface area (Å²) in [6.07, 6.45) is 8.70. The highest BCUT2D eigenvalue weighted by molar-refractivity contribution is 4.96. The maximum atomic E-state index is 6.40. The summed E-state index contributed by atoms with van der Waals surface area (Å²) in [4.78, 5) is 0. The molecule has 1 heterocycles. The fourth-order valence-electron chi connectivity index (χ4n) is 3.19. The summed E-state index contributed by atoms with van der Waals surface area (Å²) in [5.74, 6) is 0.700. The van der Waals surface area contributed by atoms with Gasteiger partial charge in [0.1, 0.15) is 0 Å². The minimum absolute atomic E-state index is 0.252. The third-order valence-electron chi connectivity index (χ3n) is 4.63. The lowest BCUT2D eigenvalue weighted by Crippen LogP contribution is -2.49. The summed E-state index contributed by atoms with van der Waals surface area (Å²) in [6, 6.07) is 0.385. The second-order valence-corrected chi connectivity index (χ2v) is 7.40. The van der Waals surface area contributed by atoms with E-state index in [0.29, 0.717) is 17.4 Å². The van der Waals surface area contributed by atoms with Gasteiger partial charge in [0.2, 0.25) is 0 Å². The van der Waals surface area contributed by atoms with Crippen LogP contribution in [-0.4, -0.2) is 18.2 Å². The number of nitrogens with two attached hydrogens (primary N) is 1. The van der Waals surface area contributed by atoms with E-state index in [-0.39, 0.29) is 5.60 Å². The lowest BCUT2D eigenvalue weighted by molar-refractivity contribution is -0.146. The van der Waals surface area contributed by atoms with Crippen LogP contribution in [0, 0.1) is 11.3 Å². The maximum absolute atomic E-state index is 6.40. The number of ether oxygens (including phenoxy) is 1. The Morgan fingerprint density at radius 2 is 2.06 bits per heavy atom. The predicted molar refractivity (Wildman–Crippen MR) is 71.9 cm³/mol. The Morgan fingerprint density at radius 1 is 1.35 bits per heavy atom. The maximum Gasteiger partial charge on any atom is 0.0685 e. The molecule has 0 aromatic heterocycles. The fourth-order valence-corrected chi connectivity index (χ4v) is 3.19. The molecular formula is C15H29NO. The number of hydrogen-bond acceptors (Lipinski definition) is 2. The average molecular weight is 239 g/mol. The van der Waals surface area contributed by atoms with E-state index in [1.54, 1.807) is 0 Å². The molecule has 0 bridgehead atoms. The van der Waals surface area contributed by atoms with Gasteiger partial charge < -0.3 is 10.5 Å². The van der Waals surface area contributed by atoms with Gasteiger partial charge in [-0.05, 0) is 56.3 Å². The topological polar surface area (TPSA) is 35.2 Å². The van der Waals surface area contributed by atoms with E-state index in [1.807, 2.05) is 0 Å². The van der Waals surface area contributed by atoms with Crippen molar-refractivity contribution in [2.75, 3.05) is 6.61 Å². The normalized spacial score (nSPS) is 30.0. The van der Waals surface area contributed by atoms with Crippen LogP contribution in [0.4, 0.5) is 0 Å². The molecule has 0 amide bonds. The predicted octanol–water partition coefficient (Wildman–Crippen LogP) is 3.49. The first kappa shape index (κ1) is 13.4. The highest BCUT2D eigenvalue weighted by Gasteiger charge is 2.43. The van der Waals surface area contributed by atoms with E-state index >= 15 is 0 Å². The third kappa shape index (κ3) is 3.45. The Labute approximate surface area is 106 Å². The van der Waals surface area contributed by atoms with Crippen LogP contribution in [0.3, 0.4) is 0 Å². The summed E-state index contributed by atoms with van der Waals surface area (Å²) < 4.78 is 5.97. The smallest absolute Gasteiger partial charge is 0.0685 e. The van der Waals surface area contributed by atoms with Crippen LogP contribution in [0.5, 0.6) is 0 Å². The van der Waals surface area contributed by atoms with Crippen molar-refractivity contribution in [2.24, 2.45) is 17.1 Å². The molecule has 2 unspecified atom stereocenters. The zero-order chi connectivity index (χ0) is 12.5. The van der Waals surface area contributed by atoms with Crippen molar-refractivity contribution in [3.63, 3.8) is 0 Å². The summed E-state index contributed by atoms with van der Waals surface area (Å²) in [5.41, 5.74) is 7.07. The Hall–Kier alpha value is -0.0800. The van der Waals surface area contributed by atoms with Crippen molar-refractivity contribution in [3.05, 3.63) is 0 Å². The van der Waals surface area contributed by atoms with Crippen LogP contribution >= 0.6 is 0 Å². The summed E-state index contributed by atoms with van der Waals surface area (Å²) >= 11 is 0. The molecule has 0 aromatic carbocycles. The van der Waals surface area contributed by atoms with Gasteiger partial charge in [0.25, 0.3) is 0 Å². The first-order chi connectivity index (χ1) is 7.90. The molecular weight excluding hydrogens is 210 g/mol. The molecule has 2 N–H and O–H groups in total. The molecule has 1 saturated carbocycles. The van der Waals surface area contributed by atoms with Crippen molar-refractivity contribution in [2.45, 2.75) is 77.4 Å². The first-order valence-electron chi connectivity index (χ1n) is 7.30. The third-order valence-corrected chi connectivity index (χ3v) is 4.63. The van der Waals surface area contributed by atoms with Crippen molar-refractivity contribution in [3.8, 4) is 0 Å². The van der Waals surface area contributed by atoms with E-state index in [2.05, 4.69) is 20.8 Å². The van der Waals surface area contributed by atoms with E-state index in [9.17, 15) is 0 Å². The summed E-state index contributed by atoms with van der Waals surface area (Å²) in [7, 11) is 0. The van der Waals surface area contributed by atoms with Gasteiger partial charge in [0.05, 0.1) is 5.60 Å². The van der Waals surface area contributed by atoms with Gasteiger partial charge >= 0.3 is 0 Å². The lowest BCUT2D eigenvalue weighted by atomic mass is 9.69. The molecule has 2 rings (SSSR count). The minimum atomic E-state index is 0.252. The molecule has 2 atom stereocenters. The van der Waals surface area contributed by atoms with Gasteiger partial charge in [-0.3, -0.25) is 0 Å². The van der Waals surface area contributed by atoms with Gasteiger partial charge in [-0.2, -0.15) is 0 Å². The van der Waals surface area contributed by atoms with Gasteiger partial charge in [-0.15, -0.1) is 0 Å². The van der Waals surface area contributed by atoms with Crippen LogP contribution in [0.1, 0.15) is 65.7 Å². The molecule has 0 aromatic rings. The molecule has 0 radical (unpaired) electrons. The van der Waals surface area contributed by atoms with Crippen LogP contribution in [-0.2, 0) is 4.74 Å².